The highest BCUT2D eigenvalue weighted by Gasteiger charge is 2.07. The standard InChI is InChI=1S/C15H19FN6/c1-21(2)14-9-13(18-15(19-14)22(3)4)20-17-10-11-5-7-12(16)8-6-11/h5-10H,1-4H3,(H,18,19,20)/b17-10-. The van der Waals surface area contributed by atoms with Crippen molar-refractivity contribution in [2.45, 2.75) is 0 Å². The maximum absolute atomic E-state index is 12.8. The van der Waals surface area contributed by atoms with Crippen LogP contribution in [-0.4, -0.2) is 44.4 Å². The largest absolute Gasteiger partial charge is 0.363 e. The molecule has 0 saturated heterocycles. The lowest BCUT2D eigenvalue weighted by Crippen LogP contribution is -2.17. The van der Waals surface area contributed by atoms with Crippen molar-refractivity contribution in [1.29, 1.82) is 0 Å². The van der Waals surface area contributed by atoms with E-state index < -0.39 is 0 Å². The summed E-state index contributed by atoms with van der Waals surface area (Å²) in [5.41, 5.74) is 3.66. The van der Waals surface area contributed by atoms with Crippen molar-refractivity contribution in [1.82, 2.24) is 9.97 Å². The van der Waals surface area contributed by atoms with Gasteiger partial charge < -0.3 is 9.80 Å². The Bertz CT molecular complexity index is 625. The van der Waals surface area contributed by atoms with E-state index in [1.807, 2.05) is 38.0 Å². The predicted octanol–water partition coefficient (Wildman–Crippen LogP) is 2.19. The third kappa shape index (κ3) is 4.15. The smallest absolute Gasteiger partial charge is 0.228 e. The minimum Gasteiger partial charge on any atom is -0.363 e. The van der Waals surface area contributed by atoms with E-state index in [1.54, 1.807) is 24.4 Å². The molecule has 1 aromatic heterocycles. The molecule has 1 heterocycles. The summed E-state index contributed by atoms with van der Waals surface area (Å²) in [5.74, 6) is 1.68. The van der Waals surface area contributed by atoms with Gasteiger partial charge in [-0.2, -0.15) is 15.1 Å². The molecule has 22 heavy (non-hydrogen) atoms. The van der Waals surface area contributed by atoms with Crippen LogP contribution in [0.3, 0.4) is 0 Å². The fraction of sp³-hybridized carbons (Fsp3) is 0.267. The van der Waals surface area contributed by atoms with Gasteiger partial charge in [0, 0.05) is 34.3 Å². The molecule has 116 valence electrons. The van der Waals surface area contributed by atoms with Crippen molar-refractivity contribution < 1.29 is 4.39 Å². The van der Waals surface area contributed by atoms with Gasteiger partial charge in [-0.15, -0.1) is 0 Å². The zero-order valence-electron chi connectivity index (χ0n) is 13.1. The molecule has 0 radical (unpaired) electrons. The first-order valence-electron chi connectivity index (χ1n) is 6.74. The molecule has 1 aromatic carbocycles. The fourth-order valence-corrected chi connectivity index (χ4v) is 1.63. The fourth-order valence-electron chi connectivity index (χ4n) is 1.63. The van der Waals surface area contributed by atoms with Gasteiger partial charge in [-0.25, -0.2) is 4.39 Å². The molecule has 0 fully saturated rings. The lowest BCUT2D eigenvalue weighted by Gasteiger charge is -2.16. The molecule has 2 rings (SSSR count). The lowest BCUT2D eigenvalue weighted by atomic mass is 10.2. The number of nitrogens with zero attached hydrogens (tertiary/aromatic N) is 5. The average Bonchev–Trinajstić information content (AvgIpc) is 2.49. The molecule has 2 aromatic rings. The summed E-state index contributed by atoms with van der Waals surface area (Å²) in [6.45, 7) is 0. The molecule has 0 bridgehead atoms. The van der Waals surface area contributed by atoms with E-state index in [1.165, 1.54) is 12.1 Å². The number of halogens is 1. The average molecular weight is 302 g/mol. The van der Waals surface area contributed by atoms with E-state index in [0.29, 0.717) is 11.8 Å². The third-order valence-corrected chi connectivity index (χ3v) is 2.82. The molecule has 0 aliphatic rings. The van der Waals surface area contributed by atoms with Crippen LogP contribution >= 0.6 is 0 Å². The summed E-state index contributed by atoms with van der Waals surface area (Å²) >= 11 is 0. The Hall–Kier alpha value is -2.70. The number of benzene rings is 1. The Morgan fingerprint density at radius 2 is 1.73 bits per heavy atom. The zero-order chi connectivity index (χ0) is 16.1. The highest BCUT2D eigenvalue weighted by molar-refractivity contribution is 5.80. The second-order valence-corrected chi connectivity index (χ2v) is 5.12. The van der Waals surface area contributed by atoms with E-state index in [-0.39, 0.29) is 5.82 Å². The molecule has 0 aliphatic carbocycles. The summed E-state index contributed by atoms with van der Waals surface area (Å²) in [6.07, 6.45) is 1.60. The van der Waals surface area contributed by atoms with Gasteiger partial charge in [-0.05, 0) is 17.7 Å². The molecule has 6 nitrogen and oxygen atoms in total. The normalized spacial score (nSPS) is 10.8. The molecule has 0 atom stereocenters. The van der Waals surface area contributed by atoms with Crippen LogP contribution in [0.25, 0.3) is 0 Å². The van der Waals surface area contributed by atoms with Crippen LogP contribution in [0.4, 0.5) is 22.0 Å². The monoisotopic (exact) mass is 302 g/mol. The quantitative estimate of drug-likeness (QED) is 0.678. The zero-order valence-corrected chi connectivity index (χ0v) is 13.1. The summed E-state index contributed by atoms with van der Waals surface area (Å²) in [5, 5.41) is 4.12. The highest BCUT2D eigenvalue weighted by atomic mass is 19.1. The second-order valence-electron chi connectivity index (χ2n) is 5.12. The van der Waals surface area contributed by atoms with Gasteiger partial charge in [-0.3, -0.25) is 5.43 Å². The first-order chi connectivity index (χ1) is 10.5. The molecule has 0 spiro atoms. The molecule has 0 saturated carbocycles. The minimum absolute atomic E-state index is 0.271. The number of hydrogen-bond donors (Lipinski definition) is 1. The van der Waals surface area contributed by atoms with Crippen LogP contribution in [0.2, 0.25) is 0 Å². The van der Waals surface area contributed by atoms with Crippen molar-refractivity contribution >= 4 is 23.8 Å². The van der Waals surface area contributed by atoms with Gasteiger partial charge in [0.05, 0.1) is 6.21 Å². The van der Waals surface area contributed by atoms with E-state index >= 15 is 0 Å². The summed E-state index contributed by atoms with van der Waals surface area (Å²) < 4.78 is 12.8. The van der Waals surface area contributed by atoms with Crippen LogP contribution in [0.15, 0.2) is 35.4 Å². The first kappa shape index (κ1) is 15.7. The third-order valence-electron chi connectivity index (χ3n) is 2.82. The maximum atomic E-state index is 12.8. The molecule has 0 unspecified atom stereocenters. The summed E-state index contributed by atoms with van der Waals surface area (Å²) in [4.78, 5) is 12.5. The Kier molecular flexibility index (Phi) is 4.88. The van der Waals surface area contributed by atoms with Crippen molar-refractivity contribution in [3.63, 3.8) is 0 Å². The molecule has 0 aliphatic heterocycles. The van der Waals surface area contributed by atoms with Gasteiger partial charge in [0.15, 0.2) is 5.82 Å². The van der Waals surface area contributed by atoms with E-state index in [0.717, 1.165) is 11.4 Å². The number of hydrogen-bond acceptors (Lipinski definition) is 6. The van der Waals surface area contributed by atoms with E-state index in [2.05, 4.69) is 20.5 Å². The SMILES string of the molecule is CN(C)c1cc(N/N=C\c2ccc(F)cc2)nc(N(C)C)n1. The lowest BCUT2D eigenvalue weighted by molar-refractivity contribution is 0.628. The predicted molar refractivity (Wildman–Crippen MR) is 88.3 cm³/mol. The Balaban J connectivity index is 2.16. The number of rotatable bonds is 5. The Morgan fingerprint density at radius 1 is 1.05 bits per heavy atom. The second kappa shape index (κ2) is 6.84. The highest BCUT2D eigenvalue weighted by Crippen LogP contribution is 2.17. The summed E-state index contributed by atoms with van der Waals surface area (Å²) in [7, 11) is 7.57. The van der Waals surface area contributed by atoms with Gasteiger partial charge in [0.2, 0.25) is 5.95 Å². The van der Waals surface area contributed by atoms with E-state index in [4.69, 9.17) is 0 Å². The van der Waals surface area contributed by atoms with Crippen molar-refractivity contribution in [3.05, 3.63) is 41.7 Å². The van der Waals surface area contributed by atoms with Gasteiger partial charge in [-0.1, -0.05) is 12.1 Å². The first-order valence-corrected chi connectivity index (χ1v) is 6.74. The van der Waals surface area contributed by atoms with Gasteiger partial charge in [0.25, 0.3) is 0 Å². The Morgan fingerprint density at radius 3 is 2.32 bits per heavy atom. The van der Waals surface area contributed by atoms with Crippen molar-refractivity contribution in [2.24, 2.45) is 5.10 Å². The van der Waals surface area contributed by atoms with Crippen LogP contribution in [0.5, 0.6) is 0 Å². The maximum Gasteiger partial charge on any atom is 0.228 e. The Labute approximate surface area is 129 Å². The molecular weight excluding hydrogens is 283 g/mol. The van der Waals surface area contributed by atoms with Gasteiger partial charge >= 0.3 is 0 Å². The van der Waals surface area contributed by atoms with Crippen molar-refractivity contribution in [2.75, 3.05) is 43.4 Å². The number of anilines is 3. The molecule has 7 heteroatoms. The van der Waals surface area contributed by atoms with Crippen LogP contribution in [-0.2, 0) is 0 Å². The van der Waals surface area contributed by atoms with Crippen LogP contribution in [0, 0.1) is 5.82 Å². The van der Waals surface area contributed by atoms with Crippen LogP contribution in [0.1, 0.15) is 5.56 Å². The topological polar surface area (TPSA) is 56.6 Å². The summed E-state index contributed by atoms with van der Waals surface area (Å²) in [6, 6.07) is 7.88. The van der Waals surface area contributed by atoms with E-state index in [9.17, 15) is 4.39 Å². The van der Waals surface area contributed by atoms with Crippen LogP contribution < -0.4 is 15.2 Å². The molecule has 0 amide bonds. The number of aromatic nitrogens is 2. The molecular formula is C15H19FN6. The van der Waals surface area contributed by atoms with Crippen molar-refractivity contribution in [3.8, 4) is 0 Å². The molecule has 1 N–H and O–H groups in total. The number of hydrazone groups is 1. The van der Waals surface area contributed by atoms with Gasteiger partial charge in [0.1, 0.15) is 11.6 Å². The minimum atomic E-state index is -0.271. The number of nitrogens with one attached hydrogen (secondary N) is 1.